The summed E-state index contributed by atoms with van der Waals surface area (Å²) < 4.78 is 0. The van der Waals surface area contributed by atoms with E-state index >= 15 is 0 Å². The van der Waals surface area contributed by atoms with Crippen LogP contribution >= 0.6 is 11.8 Å². The lowest BCUT2D eigenvalue weighted by Crippen LogP contribution is -2.19. The zero-order chi connectivity index (χ0) is 15.0. The molecule has 0 saturated heterocycles. The van der Waals surface area contributed by atoms with Crippen LogP contribution in [-0.2, 0) is 0 Å². The van der Waals surface area contributed by atoms with Crippen molar-refractivity contribution in [2.45, 2.75) is 11.8 Å². The van der Waals surface area contributed by atoms with E-state index in [0.29, 0.717) is 21.6 Å². The first-order valence-corrected chi connectivity index (χ1v) is 7.26. The van der Waals surface area contributed by atoms with Gasteiger partial charge in [-0.3, -0.25) is 9.59 Å². The molecule has 0 unspecified atom stereocenters. The number of rotatable bonds is 2. The maximum absolute atomic E-state index is 12.6. The van der Waals surface area contributed by atoms with Gasteiger partial charge in [0.1, 0.15) is 5.75 Å². The molecule has 0 aromatic heterocycles. The van der Waals surface area contributed by atoms with Gasteiger partial charge < -0.3 is 5.11 Å². The Labute approximate surface area is 126 Å². The molecule has 0 radical (unpaired) electrons. The molecule has 2 aromatic rings. The van der Waals surface area contributed by atoms with Gasteiger partial charge in [-0.2, -0.15) is 0 Å². The molecule has 21 heavy (non-hydrogen) atoms. The van der Waals surface area contributed by atoms with E-state index in [-0.39, 0.29) is 17.3 Å². The number of hydrogen-bond acceptors (Lipinski definition) is 4. The first kappa shape index (κ1) is 13.6. The Bertz CT molecular complexity index is 773. The fourth-order valence-electron chi connectivity index (χ4n) is 2.23. The predicted octanol–water partition coefficient (Wildman–Crippen LogP) is 3.84. The van der Waals surface area contributed by atoms with E-state index in [9.17, 15) is 14.7 Å². The van der Waals surface area contributed by atoms with Crippen LogP contribution in [-0.4, -0.2) is 16.7 Å². The van der Waals surface area contributed by atoms with Crippen molar-refractivity contribution in [3.63, 3.8) is 0 Å². The minimum absolute atomic E-state index is 0.105. The average Bonchev–Trinajstić information content (AvgIpc) is 2.51. The van der Waals surface area contributed by atoms with Crippen LogP contribution in [0.5, 0.6) is 5.75 Å². The van der Waals surface area contributed by atoms with Gasteiger partial charge >= 0.3 is 0 Å². The number of fused-ring (bicyclic) bond motifs is 1. The van der Waals surface area contributed by atoms with Crippen molar-refractivity contribution in [1.82, 2.24) is 0 Å². The lowest BCUT2D eigenvalue weighted by molar-refractivity contribution is 0.0981. The second-order valence-corrected chi connectivity index (χ2v) is 5.84. The Balaban J connectivity index is 2.02. The van der Waals surface area contributed by atoms with Crippen LogP contribution in [0, 0.1) is 0 Å². The average molecular weight is 296 g/mol. The summed E-state index contributed by atoms with van der Waals surface area (Å²) in [5.74, 6) is -0.0614. The van der Waals surface area contributed by atoms with E-state index in [1.54, 1.807) is 55.5 Å². The standard InChI is InChI=1S/C17H12O3S/c1-10-15(19)13-4-2-3-5-14(13)16(20)17(10)21-12-8-6-11(18)7-9-12/h2-9,18H,1H3. The van der Waals surface area contributed by atoms with Crippen molar-refractivity contribution in [3.05, 3.63) is 70.1 Å². The summed E-state index contributed by atoms with van der Waals surface area (Å²) in [5.41, 5.74) is 1.39. The van der Waals surface area contributed by atoms with Gasteiger partial charge in [-0.1, -0.05) is 36.0 Å². The van der Waals surface area contributed by atoms with E-state index in [2.05, 4.69) is 0 Å². The molecule has 0 heterocycles. The van der Waals surface area contributed by atoms with Gasteiger partial charge in [0, 0.05) is 21.6 Å². The molecular weight excluding hydrogens is 284 g/mol. The summed E-state index contributed by atoms with van der Waals surface area (Å²) in [4.78, 5) is 26.2. The third kappa shape index (κ3) is 2.38. The van der Waals surface area contributed by atoms with E-state index in [1.807, 2.05) is 0 Å². The molecule has 104 valence electrons. The van der Waals surface area contributed by atoms with Crippen LogP contribution < -0.4 is 0 Å². The molecule has 1 N–H and O–H groups in total. The van der Waals surface area contributed by atoms with Crippen LogP contribution in [0.1, 0.15) is 27.6 Å². The summed E-state index contributed by atoms with van der Waals surface area (Å²) in [6, 6.07) is 13.4. The molecule has 0 bridgehead atoms. The number of carbonyl (C=O) groups excluding carboxylic acids is 2. The van der Waals surface area contributed by atoms with Crippen LogP contribution in [0.15, 0.2) is 63.9 Å². The maximum Gasteiger partial charge on any atom is 0.200 e. The number of ketones is 2. The molecule has 4 heteroatoms. The summed E-state index contributed by atoms with van der Waals surface area (Å²) in [6.45, 7) is 1.68. The van der Waals surface area contributed by atoms with Crippen LogP contribution in [0.25, 0.3) is 0 Å². The smallest absolute Gasteiger partial charge is 0.200 e. The third-order valence-electron chi connectivity index (χ3n) is 3.36. The molecule has 1 aliphatic carbocycles. The van der Waals surface area contributed by atoms with Gasteiger partial charge in [-0.05, 0) is 31.2 Å². The Morgan fingerprint density at radius 2 is 1.43 bits per heavy atom. The van der Waals surface area contributed by atoms with E-state index in [1.165, 1.54) is 11.8 Å². The second-order valence-electron chi connectivity index (χ2n) is 4.75. The third-order valence-corrected chi connectivity index (χ3v) is 4.56. The maximum atomic E-state index is 12.6. The predicted molar refractivity (Wildman–Crippen MR) is 81.8 cm³/mol. The zero-order valence-electron chi connectivity index (χ0n) is 11.3. The number of aromatic hydroxyl groups is 1. The minimum atomic E-state index is -0.124. The number of benzene rings is 2. The largest absolute Gasteiger partial charge is 0.508 e. The van der Waals surface area contributed by atoms with Crippen LogP contribution in [0.4, 0.5) is 0 Å². The molecule has 0 amide bonds. The van der Waals surface area contributed by atoms with Crippen molar-refractivity contribution in [2.75, 3.05) is 0 Å². The summed E-state index contributed by atoms with van der Waals surface area (Å²) in [7, 11) is 0. The van der Waals surface area contributed by atoms with Crippen molar-refractivity contribution in [1.29, 1.82) is 0 Å². The highest BCUT2D eigenvalue weighted by Crippen LogP contribution is 2.37. The number of allylic oxidation sites excluding steroid dienone is 2. The van der Waals surface area contributed by atoms with Gasteiger partial charge in [-0.25, -0.2) is 0 Å². The number of phenolic OH excluding ortho intramolecular Hbond substituents is 1. The Morgan fingerprint density at radius 1 is 0.857 bits per heavy atom. The molecule has 3 rings (SSSR count). The zero-order valence-corrected chi connectivity index (χ0v) is 12.1. The number of phenols is 1. The second kappa shape index (κ2) is 5.22. The summed E-state index contributed by atoms with van der Waals surface area (Å²) >= 11 is 1.25. The first-order valence-electron chi connectivity index (χ1n) is 6.44. The lowest BCUT2D eigenvalue weighted by atomic mass is 9.90. The van der Waals surface area contributed by atoms with Gasteiger partial charge in [0.15, 0.2) is 5.78 Å². The molecular formula is C17H12O3S. The van der Waals surface area contributed by atoms with Gasteiger partial charge in [0.25, 0.3) is 0 Å². The van der Waals surface area contributed by atoms with Crippen molar-refractivity contribution < 1.29 is 14.7 Å². The van der Waals surface area contributed by atoms with Gasteiger partial charge in [0.2, 0.25) is 5.78 Å². The highest BCUT2D eigenvalue weighted by Gasteiger charge is 2.30. The molecule has 2 aromatic carbocycles. The Hall–Kier alpha value is -2.33. The number of Topliss-reactive ketones (excluding diaryl/α,β-unsaturated/α-hetero) is 2. The van der Waals surface area contributed by atoms with Crippen molar-refractivity contribution >= 4 is 23.3 Å². The quantitative estimate of drug-likeness (QED) is 0.915. The molecule has 0 saturated carbocycles. The number of hydrogen-bond donors (Lipinski definition) is 1. The highest BCUT2D eigenvalue weighted by molar-refractivity contribution is 8.04. The Kier molecular flexibility index (Phi) is 3.39. The van der Waals surface area contributed by atoms with Crippen molar-refractivity contribution in [2.24, 2.45) is 0 Å². The van der Waals surface area contributed by atoms with Gasteiger partial charge in [0.05, 0.1) is 4.91 Å². The topological polar surface area (TPSA) is 54.4 Å². The minimum Gasteiger partial charge on any atom is -0.508 e. The molecule has 1 aliphatic rings. The normalized spacial score (nSPS) is 14.3. The molecule has 0 aliphatic heterocycles. The van der Waals surface area contributed by atoms with E-state index in [0.717, 1.165) is 4.90 Å². The monoisotopic (exact) mass is 296 g/mol. The fourth-order valence-corrected chi connectivity index (χ4v) is 3.19. The molecule has 0 atom stereocenters. The molecule has 0 fully saturated rings. The van der Waals surface area contributed by atoms with Crippen molar-refractivity contribution in [3.8, 4) is 5.75 Å². The SMILES string of the molecule is CC1=C(Sc2ccc(O)cc2)C(=O)c2ccccc2C1=O. The van der Waals surface area contributed by atoms with Crippen LogP contribution in [0.3, 0.4) is 0 Å². The van der Waals surface area contributed by atoms with E-state index in [4.69, 9.17) is 0 Å². The summed E-state index contributed by atoms with van der Waals surface area (Å²) in [5, 5.41) is 9.30. The number of carbonyl (C=O) groups is 2. The summed E-state index contributed by atoms with van der Waals surface area (Å²) in [6.07, 6.45) is 0. The molecule has 3 nitrogen and oxygen atoms in total. The first-order chi connectivity index (χ1) is 10.1. The van der Waals surface area contributed by atoms with Gasteiger partial charge in [-0.15, -0.1) is 0 Å². The fraction of sp³-hybridized carbons (Fsp3) is 0.0588. The van der Waals surface area contributed by atoms with E-state index < -0.39 is 0 Å². The highest BCUT2D eigenvalue weighted by atomic mass is 32.2. The lowest BCUT2D eigenvalue weighted by Gasteiger charge is -2.18. The molecule has 0 spiro atoms. The number of thioether (sulfide) groups is 1. The van der Waals surface area contributed by atoms with Crippen LogP contribution in [0.2, 0.25) is 0 Å². The Morgan fingerprint density at radius 3 is 2.05 bits per heavy atom.